The van der Waals surface area contributed by atoms with Crippen LogP contribution in [0.4, 0.5) is 4.79 Å². The molecule has 0 aromatic rings. The van der Waals surface area contributed by atoms with Crippen LogP contribution in [0.1, 0.15) is 51.9 Å². The number of hydrogen-bond donors (Lipinski definition) is 3. The van der Waals surface area contributed by atoms with Crippen molar-refractivity contribution in [2.24, 2.45) is 5.41 Å². The van der Waals surface area contributed by atoms with Gasteiger partial charge in [-0.05, 0) is 37.5 Å². The van der Waals surface area contributed by atoms with Gasteiger partial charge in [-0.25, -0.2) is 9.59 Å². The summed E-state index contributed by atoms with van der Waals surface area (Å²) >= 11 is 0. The number of ether oxygens (including phenoxy) is 1. The van der Waals surface area contributed by atoms with Gasteiger partial charge in [-0.2, -0.15) is 0 Å². The second-order valence-electron chi connectivity index (χ2n) is 5.91. The van der Waals surface area contributed by atoms with Gasteiger partial charge in [0.2, 0.25) is 0 Å². The third-order valence-electron chi connectivity index (χ3n) is 4.48. The summed E-state index contributed by atoms with van der Waals surface area (Å²) in [4.78, 5) is 23.0. The molecule has 122 valence electrons. The van der Waals surface area contributed by atoms with Gasteiger partial charge in [0.25, 0.3) is 0 Å². The summed E-state index contributed by atoms with van der Waals surface area (Å²) in [6, 6.07) is -1.25. The predicted molar refractivity (Wildman–Crippen MR) is 80.3 cm³/mol. The van der Waals surface area contributed by atoms with Crippen LogP contribution in [0.3, 0.4) is 0 Å². The van der Waals surface area contributed by atoms with Crippen molar-refractivity contribution >= 4 is 12.0 Å². The minimum absolute atomic E-state index is 0.201. The Hall–Kier alpha value is -1.30. The molecule has 1 rings (SSSR count). The maximum absolute atomic E-state index is 11.9. The van der Waals surface area contributed by atoms with Gasteiger partial charge in [0.05, 0.1) is 0 Å². The number of nitrogens with one attached hydrogen (secondary N) is 2. The van der Waals surface area contributed by atoms with E-state index in [1.807, 2.05) is 0 Å². The van der Waals surface area contributed by atoms with Crippen LogP contribution in [0.5, 0.6) is 0 Å². The van der Waals surface area contributed by atoms with E-state index >= 15 is 0 Å². The first kappa shape index (κ1) is 17.8. The zero-order chi connectivity index (χ0) is 15.7. The zero-order valence-electron chi connectivity index (χ0n) is 13.1. The largest absolute Gasteiger partial charge is 0.480 e. The molecule has 1 aliphatic carbocycles. The van der Waals surface area contributed by atoms with Crippen LogP contribution >= 0.6 is 0 Å². The highest BCUT2D eigenvalue weighted by Crippen LogP contribution is 2.40. The molecule has 1 saturated carbocycles. The average Bonchev–Trinajstić information content (AvgIpc) is 2.93. The summed E-state index contributed by atoms with van der Waals surface area (Å²) in [6.45, 7) is 3.27. The lowest BCUT2D eigenvalue weighted by molar-refractivity contribution is -0.139. The maximum Gasteiger partial charge on any atom is 0.326 e. The third kappa shape index (κ3) is 5.91. The van der Waals surface area contributed by atoms with Gasteiger partial charge in [0, 0.05) is 20.3 Å². The summed E-state index contributed by atoms with van der Waals surface area (Å²) in [5.41, 5.74) is 0.201. The van der Waals surface area contributed by atoms with Gasteiger partial charge in [0.1, 0.15) is 6.04 Å². The molecule has 1 aliphatic rings. The second kappa shape index (κ2) is 8.87. The highest BCUT2D eigenvalue weighted by atomic mass is 16.5. The maximum atomic E-state index is 11.9. The lowest BCUT2D eigenvalue weighted by atomic mass is 9.83. The van der Waals surface area contributed by atoms with Crippen molar-refractivity contribution in [3.8, 4) is 0 Å². The molecule has 0 aromatic heterocycles. The topological polar surface area (TPSA) is 87.7 Å². The Morgan fingerprint density at radius 3 is 2.52 bits per heavy atom. The van der Waals surface area contributed by atoms with E-state index < -0.39 is 12.0 Å². The lowest BCUT2D eigenvalue weighted by Gasteiger charge is -2.28. The number of rotatable bonds is 9. The number of amides is 2. The van der Waals surface area contributed by atoms with Crippen LogP contribution in [0, 0.1) is 5.41 Å². The van der Waals surface area contributed by atoms with Crippen molar-refractivity contribution < 1.29 is 19.4 Å². The van der Waals surface area contributed by atoms with Crippen molar-refractivity contribution in [3.05, 3.63) is 0 Å². The monoisotopic (exact) mass is 300 g/mol. The number of hydrogen-bond acceptors (Lipinski definition) is 3. The SMILES string of the molecule is CCC1(CNC(=O)NC(CCCOC)C(=O)O)CCCC1. The van der Waals surface area contributed by atoms with Crippen molar-refractivity contribution in [2.45, 2.75) is 57.9 Å². The first-order chi connectivity index (χ1) is 10.0. The first-order valence-electron chi connectivity index (χ1n) is 7.79. The number of carbonyl (C=O) groups is 2. The van der Waals surface area contributed by atoms with Gasteiger partial charge < -0.3 is 20.5 Å². The quantitative estimate of drug-likeness (QED) is 0.569. The molecular formula is C15H28N2O4. The van der Waals surface area contributed by atoms with Crippen LogP contribution in [-0.4, -0.2) is 43.4 Å². The van der Waals surface area contributed by atoms with Crippen LogP contribution in [0.15, 0.2) is 0 Å². The first-order valence-corrected chi connectivity index (χ1v) is 7.79. The van der Waals surface area contributed by atoms with E-state index in [1.54, 1.807) is 7.11 Å². The molecule has 0 heterocycles. The Labute approximate surface area is 126 Å². The fourth-order valence-corrected chi connectivity index (χ4v) is 2.95. The Kier molecular flexibility index (Phi) is 7.50. The Morgan fingerprint density at radius 1 is 1.33 bits per heavy atom. The van der Waals surface area contributed by atoms with Crippen LogP contribution in [0.2, 0.25) is 0 Å². The Morgan fingerprint density at radius 2 is 2.00 bits per heavy atom. The average molecular weight is 300 g/mol. The van der Waals surface area contributed by atoms with E-state index in [9.17, 15) is 9.59 Å². The summed E-state index contributed by atoms with van der Waals surface area (Å²) in [5, 5.41) is 14.5. The number of carbonyl (C=O) groups excluding carboxylic acids is 1. The standard InChI is InChI=1S/C15H28N2O4/c1-3-15(8-4-5-9-15)11-16-14(20)17-12(13(18)19)7-6-10-21-2/h12H,3-11H2,1-2H3,(H,18,19)(H2,16,17,20). The molecule has 1 atom stereocenters. The Bertz CT molecular complexity index is 341. The molecule has 2 amide bonds. The van der Waals surface area contributed by atoms with Crippen LogP contribution < -0.4 is 10.6 Å². The van der Waals surface area contributed by atoms with Gasteiger partial charge >= 0.3 is 12.0 Å². The molecule has 1 fully saturated rings. The van der Waals surface area contributed by atoms with Gasteiger partial charge in [-0.15, -0.1) is 0 Å². The molecule has 0 aliphatic heterocycles. The minimum atomic E-state index is -1.01. The fourth-order valence-electron chi connectivity index (χ4n) is 2.95. The number of carboxylic acid groups (broad SMARTS) is 1. The minimum Gasteiger partial charge on any atom is -0.480 e. The molecular weight excluding hydrogens is 272 g/mol. The smallest absolute Gasteiger partial charge is 0.326 e. The molecule has 0 saturated heterocycles. The molecule has 1 unspecified atom stereocenters. The third-order valence-corrected chi connectivity index (χ3v) is 4.48. The molecule has 0 aromatic carbocycles. The van der Waals surface area contributed by atoms with E-state index in [4.69, 9.17) is 9.84 Å². The molecule has 0 spiro atoms. The normalized spacial score (nSPS) is 18.2. The summed E-state index contributed by atoms with van der Waals surface area (Å²) < 4.78 is 4.90. The zero-order valence-corrected chi connectivity index (χ0v) is 13.1. The van der Waals surface area contributed by atoms with Crippen molar-refractivity contribution in [2.75, 3.05) is 20.3 Å². The molecule has 3 N–H and O–H groups in total. The van der Waals surface area contributed by atoms with Crippen LogP contribution in [0.25, 0.3) is 0 Å². The molecule has 6 heteroatoms. The number of urea groups is 1. The molecule has 6 nitrogen and oxygen atoms in total. The van der Waals surface area contributed by atoms with Crippen molar-refractivity contribution in [1.29, 1.82) is 0 Å². The van der Waals surface area contributed by atoms with E-state index in [0.29, 0.717) is 26.0 Å². The highest BCUT2D eigenvalue weighted by molar-refractivity contribution is 5.82. The lowest BCUT2D eigenvalue weighted by Crippen LogP contribution is -2.48. The summed E-state index contributed by atoms with van der Waals surface area (Å²) in [7, 11) is 1.57. The highest BCUT2D eigenvalue weighted by Gasteiger charge is 2.32. The second-order valence-corrected chi connectivity index (χ2v) is 5.91. The summed E-state index contributed by atoms with van der Waals surface area (Å²) in [5.74, 6) is -1.01. The number of aliphatic carboxylic acids is 1. The molecule has 0 bridgehead atoms. The van der Waals surface area contributed by atoms with E-state index in [2.05, 4.69) is 17.6 Å². The molecule has 0 radical (unpaired) electrons. The molecule has 21 heavy (non-hydrogen) atoms. The van der Waals surface area contributed by atoms with Crippen molar-refractivity contribution in [3.63, 3.8) is 0 Å². The van der Waals surface area contributed by atoms with Gasteiger partial charge in [-0.1, -0.05) is 19.8 Å². The van der Waals surface area contributed by atoms with Crippen molar-refractivity contribution in [1.82, 2.24) is 10.6 Å². The number of carboxylic acids is 1. The Balaban J connectivity index is 2.37. The predicted octanol–water partition coefficient (Wildman–Crippen LogP) is 2.14. The van der Waals surface area contributed by atoms with E-state index in [-0.39, 0.29) is 11.4 Å². The number of methoxy groups -OCH3 is 1. The summed E-state index contributed by atoms with van der Waals surface area (Å²) in [6.07, 6.45) is 6.73. The van der Waals surface area contributed by atoms with E-state index in [0.717, 1.165) is 19.3 Å². The fraction of sp³-hybridized carbons (Fsp3) is 0.867. The van der Waals surface area contributed by atoms with E-state index in [1.165, 1.54) is 12.8 Å². The van der Waals surface area contributed by atoms with Gasteiger partial charge in [0.15, 0.2) is 0 Å². The van der Waals surface area contributed by atoms with Gasteiger partial charge in [-0.3, -0.25) is 0 Å². The van der Waals surface area contributed by atoms with Crippen LogP contribution in [-0.2, 0) is 9.53 Å².